The highest BCUT2D eigenvalue weighted by atomic mass is 19.4. The number of halogens is 3. The van der Waals surface area contributed by atoms with Crippen LogP contribution in [0.3, 0.4) is 0 Å². The van der Waals surface area contributed by atoms with Crippen molar-refractivity contribution in [2.24, 2.45) is 10.7 Å². The lowest BCUT2D eigenvalue weighted by Gasteiger charge is -2.15. The Labute approximate surface area is 129 Å². The van der Waals surface area contributed by atoms with Crippen molar-refractivity contribution in [1.82, 2.24) is 4.98 Å². The number of hydrogen-bond donors (Lipinski definition) is 3. The number of benzene rings is 1. The van der Waals surface area contributed by atoms with E-state index in [9.17, 15) is 18.0 Å². The van der Waals surface area contributed by atoms with Gasteiger partial charge in [0.1, 0.15) is 11.4 Å². The van der Waals surface area contributed by atoms with E-state index in [1.54, 1.807) is 0 Å². The quantitative estimate of drug-likeness (QED) is 0.598. The van der Waals surface area contributed by atoms with Crippen LogP contribution in [0, 0.1) is 0 Å². The Kier molecular flexibility index (Phi) is 4.44. The van der Waals surface area contributed by atoms with Gasteiger partial charge >= 0.3 is 6.18 Å². The Bertz CT molecular complexity index is 779. The van der Waals surface area contributed by atoms with Crippen LogP contribution >= 0.6 is 0 Å². The predicted molar refractivity (Wildman–Crippen MR) is 82.8 cm³/mol. The van der Waals surface area contributed by atoms with Gasteiger partial charge in [0, 0.05) is 11.9 Å². The van der Waals surface area contributed by atoms with Crippen molar-refractivity contribution >= 4 is 17.2 Å². The van der Waals surface area contributed by atoms with E-state index in [0.717, 1.165) is 6.92 Å². The summed E-state index contributed by atoms with van der Waals surface area (Å²) in [5, 5.41) is 0. The smallest absolute Gasteiger partial charge is 0.395 e. The van der Waals surface area contributed by atoms with Crippen LogP contribution in [0.15, 0.2) is 46.3 Å². The van der Waals surface area contributed by atoms with Crippen molar-refractivity contribution < 1.29 is 13.2 Å². The molecule has 1 atom stereocenters. The minimum Gasteiger partial charge on any atom is -0.398 e. The molecule has 0 saturated carbocycles. The summed E-state index contributed by atoms with van der Waals surface area (Å²) in [6.45, 7) is 1.08. The Balaban J connectivity index is 2.32. The number of aromatic amines is 1. The average Bonchev–Trinajstić information content (AvgIpc) is 2.46. The summed E-state index contributed by atoms with van der Waals surface area (Å²) >= 11 is 0. The molecule has 8 heteroatoms. The van der Waals surface area contributed by atoms with E-state index in [2.05, 4.69) is 9.98 Å². The molecule has 1 aromatic heterocycles. The molecule has 1 heterocycles. The van der Waals surface area contributed by atoms with Gasteiger partial charge in [-0.2, -0.15) is 13.2 Å². The topological polar surface area (TPSA) is 97.3 Å². The number of alkyl halides is 3. The number of nitrogens with zero attached hydrogens (tertiary/aromatic N) is 1. The van der Waals surface area contributed by atoms with Gasteiger partial charge in [0.25, 0.3) is 5.56 Å². The van der Waals surface area contributed by atoms with Crippen molar-refractivity contribution in [2.45, 2.75) is 19.0 Å². The van der Waals surface area contributed by atoms with E-state index >= 15 is 0 Å². The molecule has 5 nitrogen and oxygen atoms in total. The molecule has 0 bridgehead atoms. The fourth-order valence-electron chi connectivity index (χ4n) is 1.98. The molecule has 0 radical (unpaired) electrons. The molecular weight excluding hydrogens is 309 g/mol. The van der Waals surface area contributed by atoms with Crippen LogP contribution in [0.2, 0.25) is 0 Å². The second-order valence-corrected chi connectivity index (χ2v) is 4.99. The first-order chi connectivity index (χ1) is 10.7. The van der Waals surface area contributed by atoms with Gasteiger partial charge in [0.05, 0.1) is 11.6 Å². The molecule has 0 aliphatic rings. The number of aromatic nitrogens is 1. The number of amidine groups is 1. The van der Waals surface area contributed by atoms with Crippen molar-refractivity contribution in [3.63, 3.8) is 0 Å². The van der Waals surface area contributed by atoms with E-state index in [1.165, 1.54) is 36.5 Å². The Morgan fingerprint density at radius 2 is 1.83 bits per heavy atom. The second kappa shape index (κ2) is 6.15. The number of nitrogens with one attached hydrogen (secondary N) is 1. The molecule has 0 saturated heterocycles. The van der Waals surface area contributed by atoms with Gasteiger partial charge in [-0.05, 0) is 30.7 Å². The van der Waals surface area contributed by atoms with Gasteiger partial charge in [-0.1, -0.05) is 12.1 Å². The van der Waals surface area contributed by atoms with Crippen LogP contribution in [0.25, 0.3) is 0 Å². The summed E-state index contributed by atoms with van der Waals surface area (Å²) in [5.74, 6) is -1.69. The van der Waals surface area contributed by atoms with Gasteiger partial charge in [0.2, 0.25) is 0 Å². The number of nitrogen functional groups attached to an aromatic ring is 1. The molecule has 23 heavy (non-hydrogen) atoms. The average molecular weight is 324 g/mol. The third-order valence-electron chi connectivity index (χ3n) is 3.38. The molecule has 0 unspecified atom stereocenters. The van der Waals surface area contributed by atoms with Crippen LogP contribution in [-0.4, -0.2) is 17.0 Å². The summed E-state index contributed by atoms with van der Waals surface area (Å²) < 4.78 is 38.0. The lowest BCUT2D eigenvalue weighted by molar-refractivity contribution is -0.146. The SMILES string of the molecule is C[C@@H](c1ccc(N=C(N)c2c(N)cc[nH]c2=O)cc1)C(F)(F)F. The molecule has 122 valence electrons. The van der Waals surface area contributed by atoms with Gasteiger partial charge in [-0.25, -0.2) is 4.99 Å². The summed E-state index contributed by atoms with van der Waals surface area (Å²) in [7, 11) is 0. The van der Waals surface area contributed by atoms with Crippen molar-refractivity contribution in [2.75, 3.05) is 5.73 Å². The number of anilines is 1. The summed E-state index contributed by atoms with van der Waals surface area (Å²) in [6, 6.07) is 6.91. The zero-order chi connectivity index (χ0) is 17.2. The zero-order valence-corrected chi connectivity index (χ0v) is 12.2. The van der Waals surface area contributed by atoms with Crippen LogP contribution in [0.5, 0.6) is 0 Å². The number of rotatable bonds is 3. The Morgan fingerprint density at radius 3 is 2.35 bits per heavy atom. The molecular formula is C15H15F3N4O. The van der Waals surface area contributed by atoms with E-state index in [-0.39, 0.29) is 22.6 Å². The predicted octanol–water partition coefficient (Wildman–Crippen LogP) is 2.66. The lowest BCUT2D eigenvalue weighted by Crippen LogP contribution is -2.25. The summed E-state index contributed by atoms with van der Waals surface area (Å²) in [4.78, 5) is 18.2. The maximum atomic E-state index is 12.7. The van der Waals surface area contributed by atoms with Gasteiger partial charge in [-0.15, -0.1) is 0 Å². The highest BCUT2D eigenvalue weighted by Crippen LogP contribution is 2.34. The molecule has 1 aromatic carbocycles. The molecule has 5 N–H and O–H groups in total. The Morgan fingerprint density at radius 1 is 1.22 bits per heavy atom. The molecule has 0 spiro atoms. The van der Waals surface area contributed by atoms with E-state index in [0.29, 0.717) is 5.69 Å². The second-order valence-electron chi connectivity index (χ2n) is 4.99. The molecule has 2 aromatic rings. The van der Waals surface area contributed by atoms with Gasteiger partial charge in [-0.3, -0.25) is 4.79 Å². The minimum atomic E-state index is -4.31. The highest BCUT2D eigenvalue weighted by molar-refractivity contribution is 6.02. The normalized spacial score (nSPS) is 13.8. The molecule has 0 amide bonds. The number of aliphatic imine (C=N–C) groups is 1. The minimum absolute atomic E-state index is 0.0280. The van der Waals surface area contributed by atoms with Crippen LogP contribution in [-0.2, 0) is 0 Å². The third-order valence-corrected chi connectivity index (χ3v) is 3.38. The summed E-state index contributed by atoms with van der Waals surface area (Å²) in [6.07, 6.45) is -2.93. The van der Waals surface area contributed by atoms with Crippen LogP contribution < -0.4 is 17.0 Å². The van der Waals surface area contributed by atoms with Crippen LogP contribution in [0.4, 0.5) is 24.5 Å². The lowest BCUT2D eigenvalue weighted by atomic mass is 10.0. The first-order valence-corrected chi connectivity index (χ1v) is 6.68. The largest absolute Gasteiger partial charge is 0.398 e. The highest BCUT2D eigenvalue weighted by Gasteiger charge is 2.36. The number of H-pyrrole nitrogens is 1. The van der Waals surface area contributed by atoms with Gasteiger partial charge < -0.3 is 16.5 Å². The third kappa shape index (κ3) is 3.71. The molecule has 0 aliphatic carbocycles. The standard InChI is InChI=1S/C15H15F3N4O/c1-8(15(16,17)18)9-2-4-10(5-3-9)22-13(20)12-11(19)6-7-21-14(12)23/h2-8H,1H3,(H2,20,22)(H3,19,21,23)/t8-/m0/s1. The molecule has 0 aliphatic heterocycles. The monoisotopic (exact) mass is 324 g/mol. The number of hydrogen-bond acceptors (Lipinski definition) is 3. The van der Waals surface area contributed by atoms with Crippen LogP contribution in [0.1, 0.15) is 24.0 Å². The fourth-order valence-corrected chi connectivity index (χ4v) is 1.98. The maximum absolute atomic E-state index is 12.7. The van der Waals surface area contributed by atoms with Crippen molar-refractivity contribution in [1.29, 1.82) is 0 Å². The van der Waals surface area contributed by atoms with E-state index in [4.69, 9.17) is 11.5 Å². The first-order valence-electron chi connectivity index (χ1n) is 6.68. The molecule has 2 rings (SSSR count). The van der Waals surface area contributed by atoms with Crippen molar-refractivity contribution in [3.05, 3.63) is 58.0 Å². The maximum Gasteiger partial charge on any atom is 0.395 e. The fraction of sp³-hybridized carbons (Fsp3) is 0.200. The van der Waals surface area contributed by atoms with Crippen molar-refractivity contribution in [3.8, 4) is 0 Å². The first kappa shape index (κ1) is 16.6. The van der Waals surface area contributed by atoms with E-state index < -0.39 is 17.7 Å². The Hall–Kier alpha value is -2.77. The molecule has 0 fully saturated rings. The number of pyridine rings is 1. The zero-order valence-electron chi connectivity index (χ0n) is 12.2. The van der Waals surface area contributed by atoms with E-state index in [1.807, 2.05) is 0 Å². The van der Waals surface area contributed by atoms with Gasteiger partial charge in [0.15, 0.2) is 0 Å². The summed E-state index contributed by atoms with van der Waals surface area (Å²) in [5.41, 5.74) is 11.6. The number of nitrogens with two attached hydrogens (primary N) is 2.